The van der Waals surface area contributed by atoms with E-state index in [1.54, 1.807) is 0 Å². The average Bonchev–Trinajstić information content (AvgIpc) is 2.52. The summed E-state index contributed by atoms with van der Waals surface area (Å²) in [4.78, 5) is 13.6. The minimum atomic E-state index is -0.314. The zero-order valence-electron chi connectivity index (χ0n) is 7.14. The van der Waals surface area contributed by atoms with Crippen LogP contribution in [-0.2, 0) is 9.53 Å². The predicted octanol–water partition coefficient (Wildman–Crippen LogP) is 0.622. The summed E-state index contributed by atoms with van der Waals surface area (Å²) in [6, 6.07) is -0.440. The van der Waals surface area contributed by atoms with Crippen molar-refractivity contribution >= 4 is 18.4 Å². The molecule has 7 heteroatoms. The van der Waals surface area contributed by atoms with Crippen molar-refractivity contribution in [2.75, 3.05) is 13.7 Å². The van der Waals surface area contributed by atoms with E-state index in [1.807, 2.05) is 0 Å². The van der Waals surface area contributed by atoms with E-state index in [-0.39, 0.29) is 30.5 Å². The molecule has 0 saturated carbocycles. The lowest BCUT2D eigenvalue weighted by molar-refractivity contribution is -0.142. The van der Waals surface area contributed by atoms with Crippen LogP contribution < -0.4 is 5.32 Å². The molecule has 0 bridgehead atoms. The number of hydrogen-bond donors (Lipinski definition) is 1. The van der Waals surface area contributed by atoms with Crippen molar-refractivity contribution in [3.05, 3.63) is 10.4 Å². The Labute approximate surface area is 81.7 Å². The average molecular weight is 207 g/mol. The lowest BCUT2D eigenvalue weighted by Crippen LogP contribution is -2.31. The molecule has 0 aromatic heterocycles. The van der Waals surface area contributed by atoms with Gasteiger partial charge in [-0.2, -0.15) is 0 Å². The largest absolute Gasteiger partial charge is 0.468 e. The smallest absolute Gasteiger partial charge is 0.322 e. The lowest BCUT2D eigenvalue weighted by Gasteiger charge is -2.05. The van der Waals surface area contributed by atoms with Crippen LogP contribution in [0.25, 0.3) is 10.4 Å². The molecule has 1 aliphatic rings. The fourth-order valence-corrected chi connectivity index (χ4v) is 1.20. The van der Waals surface area contributed by atoms with E-state index in [0.29, 0.717) is 13.0 Å². The van der Waals surface area contributed by atoms with Crippen LogP contribution in [0.1, 0.15) is 6.42 Å². The van der Waals surface area contributed by atoms with Crippen LogP contribution in [0.5, 0.6) is 0 Å². The van der Waals surface area contributed by atoms with Gasteiger partial charge in [0.1, 0.15) is 6.04 Å². The quantitative estimate of drug-likeness (QED) is 0.311. The highest BCUT2D eigenvalue weighted by Gasteiger charge is 2.29. The first-order chi connectivity index (χ1) is 5.77. The van der Waals surface area contributed by atoms with Gasteiger partial charge >= 0.3 is 5.97 Å². The molecule has 6 nitrogen and oxygen atoms in total. The summed E-state index contributed by atoms with van der Waals surface area (Å²) >= 11 is 0. The van der Waals surface area contributed by atoms with Crippen LogP contribution in [-0.4, -0.2) is 31.7 Å². The summed E-state index contributed by atoms with van der Waals surface area (Å²) in [5.74, 6) is -0.300. The highest BCUT2D eigenvalue weighted by atomic mass is 35.5. The van der Waals surface area contributed by atoms with Crippen LogP contribution >= 0.6 is 12.4 Å². The van der Waals surface area contributed by atoms with Gasteiger partial charge in [0.2, 0.25) is 0 Å². The Balaban J connectivity index is 0.00000144. The van der Waals surface area contributed by atoms with Gasteiger partial charge in [-0.3, -0.25) is 4.79 Å². The number of carbonyl (C=O) groups excluding carboxylic acids is 1. The molecule has 0 radical (unpaired) electrons. The van der Waals surface area contributed by atoms with Gasteiger partial charge in [0.25, 0.3) is 0 Å². The van der Waals surface area contributed by atoms with Crippen molar-refractivity contribution in [3.8, 4) is 0 Å². The van der Waals surface area contributed by atoms with Crippen molar-refractivity contribution in [2.24, 2.45) is 5.11 Å². The van der Waals surface area contributed by atoms with Crippen LogP contribution in [0.4, 0.5) is 0 Å². The molecule has 1 N–H and O–H groups in total. The lowest BCUT2D eigenvalue weighted by atomic mass is 10.2. The van der Waals surface area contributed by atoms with E-state index < -0.39 is 0 Å². The molecule has 0 amide bonds. The van der Waals surface area contributed by atoms with Crippen molar-refractivity contribution in [1.82, 2.24) is 5.32 Å². The fraction of sp³-hybridized carbons (Fsp3) is 0.833. The van der Waals surface area contributed by atoms with Crippen LogP contribution in [0, 0.1) is 0 Å². The Kier molecular flexibility index (Phi) is 5.22. The molecule has 0 unspecified atom stereocenters. The summed E-state index contributed by atoms with van der Waals surface area (Å²) in [5, 5.41) is 6.40. The molecule has 0 aliphatic carbocycles. The number of rotatable bonds is 2. The first kappa shape index (κ1) is 12.0. The second-order valence-corrected chi connectivity index (χ2v) is 2.58. The topological polar surface area (TPSA) is 87.1 Å². The number of azide groups is 1. The van der Waals surface area contributed by atoms with Gasteiger partial charge in [0.15, 0.2) is 0 Å². The number of hydrogen-bond acceptors (Lipinski definition) is 4. The Morgan fingerprint density at radius 1 is 1.77 bits per heavy atom. The third-order valence-electron chi connectivity index (χ3n) is 1.81. The van der Waals surface area contributed by atoms with E-state index in [4.69, 9.17) is 5.53 Å². The zero-order valence-corrected chi connectivity index (χ0v) is 7.95. The van der Waals surface area contributed by atoms with Gasteiger partial charge in [-0.1, -0.05) is 5.11 Å². The normalized spacial score (nSPS) is 25.6. The minimum absolute atomic E-state index is 0. The first-order valence-corrected chi connectivity index (χ1v) is 3.63. The zero-order chi connectivity index (χ0) is 8.97. The van der Waals surface area contributed by atoms with Gasteiger partial charge < -0.3 is 10.1 Å². The Bertz CT molecular complexity index is 229. The minimum Gasteiger partial charge on any atom is -0.468 e. The second kappa shape index (κ2) is 5.64. The molecule has 1 aliphatic heterocycles. The Morgan fingerprint density at radius 2 is 2.46 bits per heavy atom. The van der Waals surface area contributed by atoms with Gasteiger partial charge in [-0.25, -0.2) is 0 Å². The van der Waals surface area contributed by atoms with Crippen molar-refractivity contribution in [1.29, 1.82) is 0 Å². The fourth-order valence-electron chi connectivity index (χ4n) is 1.20. The van der Waals surface area contributed by atoms with Gasteiger partial charge in [-0.15, -0.1) is 12.4 Å². The van der Waals surface area contributed by atoms with Crippen LogP contribution in [0.15, 0.2) is 5.11 Å². The van der Waals surface area contributed by atoms with E-state index >= 15 is 0 Å². The van der Waals surface area contributed by atoms with E-state index in [2.05, 4.69) is 20.1 Å². The van der Waals surface area contributed by atoms with E-state index in [9.17, 15) is 4.79 Å². The number of nitrogens with one attached hydrogen (secondary N) is 1. The van der Waals surface area contributed by atoms with E-state index in [1.165, 1.54) is 7.11 Å². The molecule has 0 aromatic carbocycles. The molecule has 1 saturated heterocycles. The van der Waals surface area contributed by atoms with Crippen LogP contribution in [0.2, 0.25) is 0 Å². The molecule has 1 heterocycles. The standard InChI is InChI=1S/C6H10N4O2.ClH/c1-12-6(11)5-2-4(3-8-5)9-10-7;/h4-5,8H,2-3H2,1H3;1H/t4-,5-;/m0./s1. The maximum absolute atomic E-state index is 10.9. The summed E-state index contributed by atoms with van der Waals surface area (Å²) in [7, 11) is 1.34. The molecule has 2 atom stereocenters. The van der Waals surface area contributed by atoms with Crippen LogP contribution in [0.3, 0.4) is 0 Å². The second-order valence-electron chi connectivity index (χ2n) is 2.58. The number of methoxy groups -OCH3 is 1. The summed E-state index contributed by atoms with van der Waals surface area (Å²) in [5.41, 5.74) is 8.12. The molecular weight excluding hydrogens is 196 g/mol. The molecule has 13 heavy (non-hydrogen) atoms. The maximum Gasteiger partial charge on any atom is 0.322 e. The van der Waals surface area contributed by atoms with Gasteiger partial charge in [0, 0.05) is 11.5 Å². The number of ether oxygens (including phenoxy) is 1. The first-order valence-electron chi connectivity index (χ1n) is 3.63. The summed E-state index contributed by atoms with van der Waals surface area (Å²) in [6.07, 6.45) is 0.525. The number of halogens is 1. The third-order valence-corrected chi connectivity index (χ3v) is 1.81. The molecular formula is C6H11ClN4O2. The van der Waals surface area contributed by atoms with Crippen molar-refractivity contribution in [2.45, 2.75) is 18.5 Å². The molecule has 0 spiro atoms. The SMILES string of the molecule is COC(=O)[C@@H]1C[C@H](N=[N+]=[N-])CN1.Cl. The summed E-state index contributed by atoms with van der Waals surface area (Å²) in [6.45, 7) is 0.545. The monoisotopic (exact) mass is 206 g/mol. The predicted molar refractivity (Wildman–Crippen MR) is 48.6 cm³/mol. The van der Waals surface area contributed by atoms with Crippen molar-refractivity contribution in [3.63, 3.8) is 0 Å². The molecule has 74 valence electrons. The number of esters is 1. The number of nitrogens with zero attached hydrogens (tertiary/aromatic N) is 3. The highest BCUT2D eigenvalue weighted by molar-refractivity contribution is 5.85. The Morgan fingerprint density at radius 3 is 3.00 bits per heavy atom. The maximum atomic E-state index is 10.9. The molecule has 1 fully saturated rings. The van der Waals surface area contributed by atoms with Gasteiger partial charge in [0.05, 0.1) is 13.2 Å². The summed E-state index contributed by atoms with van der Waals surface area (Å²) < 4.78 is 4.52. The molecule has 0 aromatic rings. The van der Waals surface area contributed by atoms with Crippen molar-refractivity contribution < 1.29 is 9.53 Å². The Hall–Kier alpha value is -0.970. The third kappa shape index (κ3) is 3.10. The highest BCUT2D eigenvalue weighted by Crippen LogP contribution is 2.11. The number of carbonyl (C=O) groups is 1. The van der Waals surface area contributed by atoms with E-state index in [0.717, 1.165) is 0 Å². The molecule has 1 rings (SSSR count). The van der Waals surface area contributed by atoms with Gasteiger partial charge in [-0.05, 0) is 12.0 Å².